The van der Waals surface area contributed by atoms with E-state index >= 15 is 0 Å². The van der Waals surface area contributed by atoms with E-state index in [9.17, 15) is 19.6 Å². The van der Waals surface area contributed by atoms with E-state index in [2.05, 4.69) is 9.84 Å². The van der Waals surface area contributed by atoms with Gasteiger partial charge in [-0.1, -0.05) is 0 Å². The van der Waals surface area contributed by atoms with Gasteiger partial charge < -0.3 is 35.2 Å². The molecule has 10 nitrogen and oxygen atoms in total. The highest BCUT2D eigenvalue weighted by atomic mass is 31.2. The van der Waals surface area contributed by atoms with Gasteiger partial charge in [-0.25, -0.2) is 4.57 Å². The van der Waals surface area contributed by atoms with Crippen molar-refractivity contribution >= 4 is 13.7 Å². The van der Waals surface area contributed by atoms with Crippen molar-refractivity contribution in [3.63, 3.8) is 0 Å². The minimum atomic E-state index is -4.95. The Labute approximate surface area is 108 Å². The normalized spacial score (nSPS) is 36.0. The zero-order valence-electron chi connectivity index (χ0n) is 9.91. The van der Waals surface area contributed by atoms with Crippen molar-refractivity contribution in [1.82, 2.24) is 5.32 Å². The Morgan fingerprint density at radius 3 is 2.37 bits per heavy atom. The smallest absolute Gasteiger partial charge is 0.394 e. The highest BCUT2D eigenvalue weighted by molar-refractivity contribution is 7.46. The Hall–Kier alpha value is -0.580. The van der Waals surface area contributed by atoms with Crippen LogP contribution >= 0.6 is 7.82 Å². The van der Waals surface area contributed by atoms with Crippen LogP contribution in [0.25, 0.3) is 0 Å². The monoisotopic (exact) mass is 301 g/mol. The number of aliphatic hydroxyl groups excluding tert-OH is 3. The van der Waals surface area contributed by atoms with E-state index in [1.165, 1.54) is 0 Å². The Morgan fingerprint density at radius 1 is 1.37 bits per heavy atom. The van der Waals surface area contributed by atoms with E-state index in [-0.39, 0.29) is 0 Å². The fourth-order valence-electron chi connectivity index (χ4n) is 1.72. The summed E-state index contributed by atoms with van der Waals surface area (Å²) in [7, 11) is -4.95. The average molecular weight is 301 g/mol. The summed E-state index contributed by atoms with van der Waals surface area (Å²) < 4.78 is 19.7. The highest BCUT2D eigenvalue weighted by Gasteiger charge is 2.47. The molecular weight excluding hydrogens is 285 g/mol. The lowest BCUT2D eigenvalue weighted by Gasteiger charge is -2.41. The first-order valence-corrected chi connectivity index (χ1v) is 6.82. The molecule has 6 N–H and O–H groups in total. The molecule has 1 fully saturated rings. The number of phosphoric ester groups is 1. The summed E-state index contributed by atoms with van der Waals surface area (Å²) >= 11 is 0. The fourth-order valence-corrected chi connectivity index (χ4v) is 2.17. The molecule has 1 aliphatic heterocycles. The first-order valence-electron chi connectivity index (χ1n) is 5.29. The van der Waals surface area contributed by atoms with Gasteiger partial charge in [-0.2, -0.15) is 0 Å². The summed E-state index contributed by atoms with van der Waals surface area (Å²) in [5, 5.41) is 30.7. The zero-order chi connectivity index (χ0) is 14.8. The van der Waals surface area contributed by atoms with Crippen LogP contribution in [0.3, 0.4) is 0 Å². The lowest BCUT2D eigenvalue weighted by molar-refractivity contribution is -0.255. The Kier molecular flexibility index (Phi) is 5.42. The molecular formula is C8H16NO9P. The Morgan fingerprint density at radius 2 is 1.95 bits per heavy atom. The molecule has 0 unspecified atom stereocenters. The van der Waals surface area contributed by atoms with E-state index in [1.807, 2.05) is 0 Å². The molecule has 1 amide bonds. The van der Waals surface area contributed by atoms with Gasteiger partial charge in [0.15, 0.2) is 6.29 Å². The van der Waals surface area contributed by atoms with Crippen molar-refractivity contribution in [2.75, 3.05) is 6.61 Å². The number of hydrogen-bond acceptors (Lipinski definition) is 7. The number of carbonyl (C=O) groups excluding carboxylic acids is 1. The first kappa shape index (κ1) is 16.5. The quantitative estimate of drug-likeness (QED) is 0.297. The number of nitrogens with one attached hydrogen (secondary N) is 1. The predicted octanol–water partition coefficient (Wildman–Crippen LogP) is -2.96. The second-order valence-corrected chi connectivity index (χ2v) is 5.22. The molecule has 0 aromatic rings. The molecule has 1 rings (SSSR count). The number of ether oxygens (including phenoxy) is 1. The second-order valence-electron chi connectivity index (χ2n) is 4.03. The topological polar surface area (TPSA) is 166 Å². The molecule has 1 saturated heterocycles. The molecule has 0 bridgehead atoms. The van der Waals surface area contributed by atoms with Crippen LogP contribution in [-0.2, 0) is 18.6 Å². The minimum Gasteiger partial charge on any atom is -0.394 e. The van der Waals surface area contributed by atoms with Gasteiger partial charge in [0.2, 0.25) is 5.91 Å². The average Bonchev–Trinajstić information content (AvgIpc) is 2.26. The van der Waals surface area contributed by atoms with Gasteiger partial charge in [0.25, 0.3) is 0 Å². The summed E-state index contributed by atoms with van der Waals surface area (Å²) in [5.74, 6) is -0.535. The van der Waals surface area contributed by atoms with E-state index in [4.69, 9.17) is 19.6 Å². The highest BCUT2D eigenvalue weighted by Crippen LogP contribution is 2.40. The van der Waals surface area contributed by atoms with Crippen LogP contribution in [0.15, 0.2) is 0 Å². The van der Waals surface area contributed by atoms with Crippen molar-refractivity contribution in [1.29, 1.82) is 0 Å². The largest absolute Gasteiger partial charge is 0.472 e. The molecule has 0 aromatic heterocycles. The molecule has 112 valence electrons. The summed E-state index contributed by atoms with van der Waals surface area (Å²) in [5.41, 5.74) is 0. The van der Waals surface area contributed by atoms with Crippen molar-refractivity contribution in [3.05, 3.63) is 0 Å². The third-order valence-electron chi connectivity index (χ3n) is 2.50. The van der Waals surface area contributed by atoms with Crippen molar-refractivity contribution in [2.45, 2.75) is 37.6 Å². The van der Waals surface area contributed by atoms with E-state index < -0.39 is 51.0 Å². The van der Waals surface area contributed by atoms with Gasteiger partial charge in [-0.3, -0.25) is 9.32 Å². The van der Waals surface area contributed by atoms with Gasteiger partial charge in [0.1, 0.15) is 18.3 Å². The van der Waals surface area contributed by atoms with Crippen molar-refractivity contribution in [2.24, 2.45) is 0 Å². The van der Waals surface area contributed by atoms with Crippen LogP contribution in [0.1, 0.15) is 6.92 Å². The molecule has 5 atom stereocenters. The van der Waals surface area contributed by atoms with Crippen LogP contribution in [0.2, 0.25) is 0 Å². The summed E-state index contributed by atoms with van der Waals surface area (Å²) in [6.45, 7) is 0.502. The molecule has 1 heterocycles. The van der Waals surface area contributed by atoms with Crippen LogP contribution in [-0.4, -0.2) is 68.3 Å². The van der Waals surface area contributed by atoms with Crippen molar-refractivity contribution in [3.8, 4) is 0 Å². The summed E-state index contributed by atoms with van der Waals surface area (Å²) in [6, 6.07) is -1.13. The van der Waals surface area contributed by atoms with E-state index in [0.29, 0.717) is 0 Å². The number of rotatable bonds is 4. The van der Waals surface area contributed by atoms with Gasteiger partial charge in [-0.15, -0.1) is 0 Å². The molecule has 19 heavy (non-hydrogen) atoms. The number of aliphatic hydroxyl groups is 3. The second kappa shape index (κ2) is 6.25. The first-order chi connectivity index (χ1) is 8.65. The Bertz CT molecular complexity index is 369. The fraction of sp³-hybridized carbons (Fsp3) is 0.875. The van der Waals surface area contributed by atoms with Crippen LogP contribution < -0.4 is 5.32 Å². The van der Waals surface area contributed by atoms with Gasteiger partial charge in [0.05, 0.1) is 12.6 Å². The predicted molar refractivity (Wildman–Crippen MR) is 58.5 cm³/mol. The lowest BCUT2D eigenvalue weighted by atomic mass is 9.96. The SMILES string of the molecule is CC(=O)N[C@H]1[C@H](O)[C@@H](O)[C@H](OP(=O)(O)O)O[C@@H]1CO. The maximum absolute atomic E-state index is 10.9. The lowest BCUT2D eigenvalue weighted by Crippen LogP contribution is -2.64. The molecule has 1 aliphatic rings. The maximum atomic E-state index is 10.9. The Balaban J connectivity index is 2.84. The third kappa shape index (κ3) is 4.48. The number of amides is 1. The summed E-state index contributed by atoms with van der Waals surface area (Å²) in [6.07, 6.45) is -6.42. The molecule has 11 heteroatoms. The summed E-state index contributed by atoms with van der Waals surface area (Å²) in [4.78, 5) is 28.2. The zero-order valence-corrected chi connectivity index (χ0v) is 10.8. The van der Waals surface area contributed by atoms with E-state index in [1.54, 1.807) is 0 Å². The molecule has 0 radical (unpaired) electrons. The van der Waals surface area contributed by atoms with E-state index in [0.717, 1.165) is 6.92 Å². The van der Waals surface area contributed by atoms with Crippen LogP contribution in [0, 0.1) is 0 Å². The minimum absolute atomic E-state index is 0.535. The van der Waals surface area contributed by atoms with Gasteiger partial charge >= 0.3 is 7.82 Å². The third-order valence-corrected chi connectivity index (χ3v) is 2.98. The molecule has 0 spiro atoms. The van der Waals surface area contributed by atoms with Gasteiger partial charge in [-0.05, 0) is 0 Å². The number of hydrogen-bond donors (Lipinski definition) is 6. The number of phosphoric acid groups is 1. The molecule has 0 aromatic carbocycles. The van der Waals surface area contributed by atoms with Crippen LogP contribution in [0.4, 0.5) is 0 Å². The maximum Gasteiger partial charge on any atom is 0.472 e. The van der Waals surface area contributed by atoms with Gasteiger partial charge in [0, 0.05) is 6.92 Å². The molecule has 0 aliphatic carbocycles. The standard InChI is InChI=1S/C8H16NO9P/c1-3(11)9-5-4(2-10)17-8(7(13)6(5)12)18-19(14,15)16/h4-8,10,12-13H,2H2,1H3,(H,9,11)(H2,14,15,16)/t4-,5-,6+,7-,8+/m1/s1. The van der Waals surface area contributed by atoms with Crippen molar-refractivity contribution < 1.29 is 43.7 Å². The molecule has 0 saturated carbocycles. The van der Waals surface area contributed by atoms with Crippen LogP contribution in [0.5, 0.6) is 0 Å². The number of carbonyl (C=O) groups is 1.